The number of nitrogens with zero attached hydrogens (tertiary/aromatic N) is 2. The maximum Gasteiger partial charge on any atom is 0.258 e. The fraction of sp³-hybridized carbons (Fsp3) is 0.0769. The lowest BCUT2D eigenvalue weighted by molar-refractivity contribution is 0.414. The third-order valence-electron chi connectivity index (χ3n) is 2.49. The minimum Gasteiger partial charge on any atom is -0.496 e. The van der Waals surface area contributed by atoms with Crippen LogP contribution in [-0.2, 0) is 0 Å². The highest BCUT2D eigenvalue weighted by molar-refractivity contribution is 7.13. The minimum atomic E-state index is 0.468. The van der Waals surface area contributed by atoms with Crippen LogP contribution in [0.2, 0.25) is 0 Å². The Labute approximate surface area is 108 Å². The second-order valence-electron chi connectivity index (χ2n) is 3.59. The summed E-state index contributed by atoms with van der Waals surface area (Å²) in [7, 11) is 1.62. The summed E-state index contributed by atoms with van der Waals surface area (Å²) in [5.74, 6) is 1.72. The highest BCUT2D eigenvalue weighted by Gasteiger charge is 2.14. The van der Waals surface area contributed by atoms with Gasteiger partial charge >= 0.3 is 0 Å². The van der Waals surface area contributed by atoms with E-state index in [1.54, 1.807) is 18.4 Å². The van der Waals surface area contributed by atoms with Gasteiger partial charge in [0.25, 0.3) is 11.8 Å². The summed E-state index contributed by atoms with van der Waals surface area (Å²) in [5.41, 5.74) is 0.801. The molecule has 0 saturated carbocycles. The van der Waals surface area contributed by atoms with E-state index < -0.39 is 0 Å². The first kappa shape index (κ1) is 11.0. The Morgan fingerprint density at radius 1 is 1.06 bits per heavy atom. The molecule has 18 heavy (non-hydrogen) atoms. The number of para-hydroxylation sites is 1. The van der Waals surface area contributed by atoms with Gasteiger partial charge in [0.15, 0.2) is 0 Å². The van der Waals surface area contributed by atoms with Crippen molar-refractivity contribution >= 4 is 11.3 Å². The summed E-state index contributed by atoms with van der Waals surface area (Å²) in [6.07, 6.45) is 0. The molecule has 0 N–H and O–H groups in total. The standard InChI is InChI=1S/C13H10N2O2S/c1-16-10-6-3-2-5-9(10)12-14-15-13(17-12)11-7-4-8-18-11/h2-8H,1H3. The fourth-order valence-corrected chi connectivity index (χ4v) is 2.30. The van der Waals surface area contributed by atoms with Gasteiger partial charge in [-0.05, 0) is 23.6 Å². The first-order valence-corrected chi connectivity index (χ1v) is 6.27. The van der Waals surface area contributed by atoms with E-state index in [0.717, 1.165) is 16.2 Å². The highest BCUT2D eigenvalue weighted by Crippen LogP contribution is 2.31. The third-order valence-corrected chi connectivity index (χ3v) is 3.35. The van der Waals surface area contributed by atoms with Crippen molar-refractivity contribution in [2.24, 2.45) is 0 Å². The van der Waals surface area contributed by atoms with Gasteiger partial charge in [-0.25, -0.2) is 0 Å². The Bertz CT molecular complexity index is 647. The van der Waals surface area contributed by atoms with Crippen LogP contribution < -0.4 is 4.74 Å². The molecule has 0 amide bonds. The number of rotatable bonds is 3. The number of aromatic nitrogens is 2. The van der Waals surface area contributed by atoms with Crippen molar-refractivity contribution < 1.29 is 9.15 Å². The maximum atomic E-state index is 5.66. The van der Waals surface area contributed by atoms with Crippen LogP contribution in [0.15, 0.2) is 46.2 Å². The van der Waals surface area contributed by atoms with Gasteiger partial charge in [-0.1, -0.05) is 18.2 Å². The van der Waals surface area contributed by atoms with Crippen molar-refractivity contribution in [3.63, 3.8) is 0 Å². The Hall–Kier alpha value is -2.14. The molecule has 0 unspecified atom stereocenters. The number of ether oxygens (including phenoxy) is 1. The van der Waals surface area contributed by atoms with Crippen LogP contribution in [-0.4, -0.2) is 17.3 Å². The normalized spacial score (nSPS) is 10.5. The summed E-state index contributed by atoms with van der Waals surface area (Å²) in [6.45, 7) is 0. The van der Waals surface area contributed by atoms with Gasteiger partial charge in [-0.3, -0.25) is 0 Å². The van der Waals surface area contributed by atoms with Gasteiger partial charge in [0.2, 0.25) is 0 Å². The van der Waals surface area contributed by atoms with Crippen molar-refractivity contribution in [1.82, 2.24) is 10.2 Å². The number of thiophene rings is 1. The molecule has 0 radical (unpaired) electrons. The quantitative estimate of drug-likeness (QED) is 0.721. The molecule has 0 aliphatic heterocycles. The predicted octanol–water partition coefficient (Wildman–Crippen LogP) is 3.47. The number of methoxy groups -OCH3 is 1. The lowest BCUT2D eigenvalue weighted by Gasteiger charge is -2.03. The molecule has 0 aliphatic carbocycles. The molecule has 0 aliphatic rings. The van der Waals surface area contributed by atoms with Crippen LogP contribution in [0, 0.1) is 0 Å². The molecule has 0 fully saturated rings. The van der Waals surface area contributed by atoms with E-state index in [1.165, 1.54) is 0 Å². The highest BCUT2D eigenvalue weighted by atomic mass is 32.1. The van der Waals surface area contributed by atoms with Gasteiger partial charge in [-0.15, -0.1) is 21.5 Å². The van der Waals surface area contributed by atoms with E-state index in [2.05, 4.69) is 10.2 Å². The summed E-state index contributed by atoms with van der Waals surface area (Å²) < 4.78 is 10.9. The molecule has 3 aromatic rings. The summed E-state index contributed by atoms with van der Waals surface area (Å²) in [5, 5.41) is 10.1. The zero-order chi connectivity index (χ0) is 12.4. The molecule has 5 heteroatoms. The fourth-order valence-electron chi connectivity index (χ4n) is 1.65. The Morgan fingerprint density at radius 3 is 2.67 bits per heavy atom. The Balaban J connectivity index is 2.03. The largest absolute Gasteiger partial charge is 0.496 e. The molecular weight excluding hydrogens is 248 g/mol. The van der Waals surface area contributed by atoms with E-state index in [-0.39, 0.29) is 0 Å². The topological polar surface area (TPSA) is 48.2 Å². The second kappa shape index (κ2) is 4.62. The average Bonchev–Trinajstić information content (AvgIpc) is 3.09. The van der Waals surface area contributed by atoms with E-state index in [4.69, 9.17) is 9.15 Å². The first-order chi connectivity index (χ1) is 8.88. The Morgan fingerprint density at radius 2 is 1.89 bits per heavy atom. The van der Waals surface area contributed by atoms with Gasteiger partial charge < -0.3 is 9.15 Å². The molecule has 0 spiro atoms. The van der Waals surface area contributed by atoms with Crippen molar-refractivity contribution in [1.29, 1.82) is 0 Å². The summed E-state index contributed by atoms with van der Waals surface area (Å²) in [4.78, 5) is 0.962. The molecule has 4 nitrogen and oxygen atoms in total. The molecule has 2 aromatic heterocycles. The lowest BCUT2D eigenvalue weighted by atomic mass is 10.2. The zero-order valence-electron chi connectivity index (χ0n) is 9.66. The molecule has 1 aromatic carbocycles. The predicted molar refractivity (Wildman–Crippen MR) is 69.6 cm³/mol. The molecular formula is C13H10N2O2S. The molecule has 0 atom stereocenters. The van der Waals surface area contributed by atoms with Gasteiger partial charge in [0, 0.05) is 0 Å². The van der Waals surface area contributed by atoms with Crippen molar-refractivity contribution in [2.45, 2.75) is 0 Å². The van der Waals surface area contributed by atoms with Crippen LogP contribution in [0.25, 0.3) is 22.2 Å². The van der Waals surface area contributed by atoms with Crippen molar-refractivity contribution in [3.05, 3.63) is 41.8 Å². The van der Waals surface area contributed by atoms with Gasteiger partial charge in [0.05, 0.1) is 17.6 Å². The van der Waals surface area contributed by atoms with E-state index in [0.29, 0.717) is 11.8 Å². The number of hydrogen-bond donors (Lipinski definition) is 0. The zero-order valence-corrected chi connectivity index (χ0v) is 10.5. The van der Waals surface area contributed by atoms with Crippen LogP contribution in [0.5, 0.6) is 5.75 Å². The molecule has 90 valence electrons. The van der Waals surface area contributed by atoms with Crippen molar-refractivity contribution in [3.8, 4) is 28.0 Å². The average molecular weight is 258 g/mol. The molecule has 3 rings (SSSR count). The van der Waals surface area contributed by atoms with Crippen LogP contribution in [0.3, 0.4) is 0 Å². The third kappa shape index (κ3) is 1.89. The maximum absolute atomic E-state index is 5.66. The van der Waals surface area contributed by atoms with Gasteiger partial charge in [0.1, 0.15) is 5.75 Å². The van der Waals surface area contributed by atoms with E-state index in [9.17, 15) is 0 Å². The van der Waals surface area contributed by atoms with E-state index >= 15 is 0 Å². The van der Waals surface area contributed by atoms with Crippen molar-refractivity contribution in [2.75, 3.05) is 7.11 Å². The Kier molecular flexibility index (Phi) is 2.82. The van der Waals surface area contributed by atoms with Gasteiger partial charge in [-0.2, -0.15) is 0 Å². The molecule has 0 bridgehead atoms. The number of hydrogen-bond acceptors (Lipinski definition) is 5. The summed E-state index contributed by atoms with van der Waals surface area (Å²) in [6, 6.07) is 11.5. The monoisotopic (exact) mass is 258 g/mol. The van der Waals surface area contributed by atoms with Crippen LogP contribution in [0.4, 0.5) is 0 Å². The molecule has 2 heterocycles. The number of benzene rings is 1. The van der Waals surface area contributed by atoms with Crippen LogP contribution >= 0.6 is 11.3 Å². The lowest BCUT2D eigenvalue weighted by Crippen LogP contribution is -1.87. The smallest absolute Gasteiger partial charge is 0.258 e. The minimum absolute atomic E-state index is 0.468. The van der Waals surface area contributed by atoms with E-state index in [1.807, 2.05) is 41.8 Å². The van der Waals surface area contributed by atoms with Crippen LogP contribution in [0.1, 0.15) is 0 Å². The second-order valence-corrected chi connectivity index (χ2v) is 4.54. The summed E-state index contributed by atoms with van der Waals surface area (Å²) >= 11 is 1.57. The first-order valence-electron chi connectivity index (χ1n) is 5.39. The SMILES string of the molecule is COc1ccccc1-c1nnc(-c2cccs2)o1. The molecule has 0 saturated heterocycles.